The molecule has 0 unspecified atom stereocenters. The van der Waals surface area contributed by atoms with Gasteiger partial charge in [-0.3, -0.25) is 0 Å². The molecule has 6 heteroatoms. The average Bonchev–Trinajstić information content (AvgIpc) is 2.35. The molecule has 0 spiro atoms. The first kappa shape index (κ1) is 13.1. The first-order valence-corrected chi connectivity index (χ1v) is 5.82. The van der Waals surface area contributed by atoms with Crippen LogP contribution in [0.1, 0.15) is 5.69 Å². The van der Waals surface area contributed by atoms with Crippen molar-refractivity contribution in [3.05, 3.63) is 39.9 Å². The summed E-state index contributed by atoms with van der Waals surface area (Å²) < 4.78 is 18.4. The van der Waals surface area contributed by atoms with Crippen LogP contribution < -0.4 is 4.74 Å². The van der Waals surface area contributed by atoms with E-state index in [4.69, 9.17) is 27.9 Å². The number of halogens is 3. The number of benzene rings is 1. The van der Waals surface area contributed by atoms with Gasteiger partial charge in [-0.15, -0.1) is 0 Å². The van der Waals surface area contributed by atoms with E-state index in [1.807, 2.05) is 0 Å². The van der Waals surface area contributed by atoms with Gasteiger partial charge in [-0.1, -0.05) is 23.2 Å². The van der Waals surface area contributed by atoms with E-state index in [0.29, 0.717) is 22.2 Å². The van der Waals surface area contributed by atoms with Gasteiger partial charge in [0, 0.05) is 5.56 Å². The monoisotopic (exact) mass is 286 g/mol. The molecule has 3 nitrogen and oxygen atoms in total. The first-order valence-electron chi connectivity index (χ1n) is 5.06. The Kier molecular flexibility index (Phi) is 3.68. The maximum Gasteiger partial charge on any atom is 0.181 e. The van der Waals surface area contributed by atoms with Gasteiger partial charge in [-0.2, -0.15) is 0 Å². The Labute approximate surface area is 114 Å². The van der Waals surface area contributed by atoms with Gasteiger partial charge in [0.2, 0.25) is 0 Å². The van der Waals surface area contributed by atoms with Crippen LogP contribution in [-0.2, 0) is 0 Å². The molecular weight excluding hydrogens is 278 g/mol. The number of hydrogen-bond acceptors (Lipinski definition) is 3. The van der Waals surface area contributed by atoms with Crippen molar-refractivity contribution in [1.29, 1.82) is 0 Å². The average molecular weight is 287 g/mol. The number of ether oxygens (including phenoxy) is 1. The van der Waals surface area contributed by atoms with Crippen LogP contribution >= 0.6 is 23.2 Å². The summed E-state index contributed by atoms with van der Waals surface area (Å²) in [5, 5.41) is 0.223. The maximum atomic E-state index is 13.3. The molecule has 2 rings (SSSR count). The number of nitrogens with zero attached hydrogens (tertiary/aromatic N) is 2. The third-order valence-corrected chi connectivity index (χ3v) is 2.93. The minimum absolute atomic E-state index is 0.192. The highest BCUT2D eigenvalue weighted by molar-refractivity contribution is 6.32. The van der Waals surface area contributed by atoms with E-state index >= 15 is 0 Å². The van der Waals surface area contributed by atoms with E-state index in [1.54, 1.807) is 18.2 Å². The molecule has 0 saturated carbocycles. The van der Waals surface area contributed by atoms with E-state index in [2.05, 4.69) is 9.97 Å². The summed E-state index contributed by atoms with van der Waals surface area (Å²) in [4.78, 5) is 7.91. The minimum Gasteiger partial charge on any atom is -0.495 e. The predicted octanol–water partition coefficient (Wildman–Crippen LogP) is 3.91. The molecule has 0 atom stereocenters. The lowest BCUT2D eigenvalue weighted by Gasteiger charge is -2.07. The SMILES string of the molecule is COc1ccc(-c2nc(C)c(F)c(Cl)n2)cc1Cl. The van der Waals surface area contributed by atoms with Crippen LogP contribution in [0.2, 0.25) is 10.2 Å². The van der Waals surface area contributed by atoms with Crippen molar-refractivity contribution in [3.63, 3.8) is 0 Å². The Balaban J connectivity index is 2.52. The fraction of sp³-hybridized carbons (Fsp3) is 0.167. The van der Waals surface area contributed by atoms with Gasteiger partial charge in [-0.05, 0) is 25.1 Å². The lowest BCUT2D eigenvalue weighted by molar-refractivity contribution is 0.415. The molecule has 1 aromatic heterocycles. The third-order valence-electron chi connectivity index (χ3n) is 2.39. The van der Waals surface area contributed by atoms with Crippen molar-refractivity contribution >= 4 is 23.2 Å². The second-order valence-electron chi connectivity index (χ2n) is 3.59. The van der Waals surface area contributed by atoms with Crippen LogP contribution in [0.25, 0.3) is 11.4 Å². The standard InChI is InChI=1S/C12H9Cl2FN2O/c1-6-10(15)11(14)17-12(16-6)7-3-4-9(18-2)8(13)5-7/h3-5H,1-2H3. The van der Waals surface area contributed by atoms with Crippen LogP contribution in [0.5, 0.6) is 5.75 Å². The quantitative estimate of drug-likeness (QED) is 0.785. The van der Waals surface area contributed by atoms with Crippen molar-refractivity contribution in [3.8, 4) is 17.1 Å². The Hall–Kier alpha value is -1.39. The Morgan fingerprint density at radius 3 is 2.50 bits per heavy atom. The van der Waals surface area contributed by atoms with Gasteiger partial charge in [0.15, 0.2) is 16.8 Å². The summed E-state index contributed by atoms with van der Waals surface area (Å²) in [5.41, 5.74) is 0.836. The lowest BCUT2D eigenvalue weighted by atomic mass is 10.2. The topological polar surface area (TPSA) is 35.0 Å². The molecular formula is C12H9Cl2FN2O. The molecule has 2 aromatic rings. The molecule has 18 heavy (non-hydrogen) atoms. The van der Waals surface area contributed by atoms with Crippen LogP contribution in [0.4, 0.5) is 4.39 Å². The molecule has 0 radical (unpaired) electrons. The summed E-state index contributed by atoms with van der Waals surface area (Å²) in [6, 6.07) is 5.06. The smallest absolute Gasteiger partial charge is 0.181 e. The van der Waals surface area contributed by atoms with E-state index in [9.17, 15) is 4.39 Å². The molecule has 0 aliphatic rings. The molecule has 0 amide bonds. The summed E-state index contributed by atoms with van der Waals surface area (Å²) in [6.45, 7) is 1.53. The zero-order valence-electron chi connectivity index (χ0n) is 9.67. The number of aromatic nitrogens is 2. The fourth-order valence-electron chi connectivity index (χ4n) is 1.46. The maximum absolute atomic E-state index is 13.3. The summed E-state index contributed by atoms with van der Waals surface area (Å²) in [5.74, 6) is 0.258. The highest BCUT2D eigenvalue weighted by Gasteiger charge is 2.12. The highest BCUT2D eigenvalue weighted by Crippen LogP contribution is 2.29. The third kappa shape index (κ3) is 2.40. The van der Waals surface area contributed by atoms with E-state index in [-0.39, 0.29) is 10.8 Å². The molecule has 1 aromatic carbocycles. The van der Waals surface area contributed by atoms with E-state index in [1.165, 1.54) is 14.0 Å². The number of hydrogen-bond donors (Lipinski definition) is 0. The Morgan fingerprint density at radius 2 is 1.94 bits per heavy atom. The largest absolute Gasteiger partial charge is 0.495 e. The molecule has 0 fully saturated rings. The predicted molar refractivity (Wildman–Crippen MR) is 68.7 cm³/mol. The molecule has 0 saturated heterocycles. The molecule has 94 valence electrons. The Morgan fingerprint density at radius 1 is 1.22 bits per heavy atom. The van der Waals surface area contributed by atoms with E-state index < -0.39 is 5.82 Å². The molecule has 0 aliphatic carbocycles. The molecule has 1 heterocycles. The van der Waals surface area contributed by atoms with Crippen molar-refractivity contribution in [2.45, 2.75) is 6.92 Å². The second kappa shape index (κ2) is 5.08. The zero-order chi connectivity index (χ0) is 13.3. The van der Waals surface area contributed by atoms with Gasteiger partial charge < -0.3 is 4.74 Å². The van der Waals surface area contributed by atoms with Crippen molar-refractivity contribution in [1.82, 2.24) is 9.97 Å². The van der Waals surface area contributed by atoms with Crippen LogP contribution in [-0.4, -0.2) is 17.1 Å². The van der Waals surface area contributed by atoms with Gasteiger partial charge in [-0.25, -0.2) is 14.4 Å². The highest BCUT2D eigenvalue weighted by atomic mass is 35.5. The summed E-state index contributed by atoms with van der Waals surface area (Å²) >= 11 is 11.7. The Bertz CT molecular complexity index is 582. The normalized spacial score (nSPS) is 10.5. The van der Waals surface area contributed by atoms with Crippen molar-refractivity contribution in [2.24, 2.45) is 0 Å². The van der Waals surface area contributed by atoms with Crippen LogP contribution in [0.3, 0.4) is 0 Å². The van der Waals surface area contributed by atoms with Gasteiger partial charge >= 0.3 is 0 Å². The van der Waals surface area contributed by atoms with Crippen molar-refractivity contribution < 1.29 is 9.13 Å². The van der Waals surface area contributed by atoms with Crippen molar-refractivity contribution in [2.75, 3.05) is 7.11 Å². The second-order valence-corrected chi connectivity index (χ2v) is 4.35. The first-order chi connectivity index (χ1) is 8.52. The van der Waals surface area contributed by atoms with E-state index in [0.717, 1.165) is 0 Å². The lowest BCUT2D eigenvalue weighted by Crippen LogP contribution is -1.97. The molecule has 0 bridgehead atoms. The summed E-state index contributed by atoms with van der Waals surface area (Å²) in [6.07, 6.45) is 0. The van der Waals surface area contributed by atoms with Gasteiger partial charge in [0.25, 0.3) is 0 Å². The number of rotatable bonds is 2. The minimum atomic E-state index is -0.611. The summed E-state index contributed by atoms with van der Waals surface area (Å²) in [7, 11) is 1.52. The molecule has 0 N–H and O–H groups in total. The van der Waals surface area contributed by atoms with Gasteiger partial charge in [0.05, 0.1) is 17.8 Å². The molecule has 0 aliphatic heterocycles. The van der Waals surface area contributed by atoms with Gasteiger partial charge in [0.1, 0.15) is 5.75 Å². The van der Waals surface area contributed by atoms with Crippen LogP contribution in [0.15, 0.2) is 18.2 Å². The number of methoxy groups -OCH3 is 1. The number of aryl methyl sites for hydroxylation is 1. The van der Waals surface area contributed by atoms with Crippen LogP contribution in [0, 0.1) is 12.7 Å². The fourth-order valence-corrected chi connectivity index (χ4v) is 1.93. The zero-order valence-corrected chi connectivity index (χ0v) is 11.2.